The van der Waals surface area contributed by atoms with Crippen molar-refractivity contribution >= 4 is 34.6 Å². The summed E-state index contributed by atoms with van der Waals surface area (Å²) in [4.78, 5) is 28.6. The Labute approximate surface area is 196 Å². The molecule has 7 heteroatoms. The number of piperidine rings is 1. The Morgan fingerprint density at radius 3 is 2.38 bits per heavy atom. The number of rotatable bonds is 7. The zero-order chi connectivity index (χ0) is 22.5. The van der Waals surface area contributed by atoms with Gasteiger partial charge in [0.05, 0.1) is 12.6 Å². The average Bonchev–Trinajstić information content (AvgIpc) is 3.33. The number of benzene rings is 2. The summed E-state index contributed by atoms with van der Waals surface area (Å²) in [6.45, 7) is 1.65. The Morgan fingerprint density at radius 1 is 1.06 bits per heavy atom. The predicted octanol–water partition coefficient (Wildman–Crippen LogP) is 5.34. The molecule has 1 unspecified atom stereocenters. The molecule has 1 N–H and O–H groups in total. The van der Waals surface area contributed by atoms with Crippen molar-refractivity contribution in [3.8, 4) is 0 Å². The van der Waals surface area contributed by atoms with E-state index in [0.717, 1.165) is 23.3 Å². The van der Waals surface area contributed by atoms with E-state index in [1.807, 2.05) is 17.5 Å². The first kappa shape index (κ1) is 22.6. The van der Waals surface area contributed by atoms with Gasteiger partial charge in [-0.2, -0.15) is 0 Å². The van der Waals surface area contributed by atoms with Gasteiger partial charge in [-0.15, -0.1) is 11.3 Å². The molecule has 1 amide bonds. The molecular formula is C25H24ClFN2O2S. The van der Waals surface area contributed by atoms with Crippen LogP contribution in [0.15, 0.2) is 66.0 Å². The first-order chi connectivity index (χ1) is 15.5. The second-order valence-corrected chi connectivity index (χ2v) is 9.40. The lowest BCUT2D eigenvalue weighted by Gasteiger charge is -2.31. The molecule has 4 nitrogen and oxygen atoms in total. The largest absolute Gasteiger partial charge is 0.343 e. The topological polar surface area (TPSA) is 49.4 Å². The van der Waals surface area contributed by atoms with Crippen LogP contribution in [-0.4, -0.2) is 36.2 Å². The van der Waals surface area contributed by atoms with Gasteiger partial charge >= 0.3 is 0 Å². The van der Waals surface area contributed by atoms with Crippen molar-refractivity contribution in [3.63, 3.8) is 0 Å². The van der Waals surface area contributed by atoms with E-state index < -0.39 is 0 Å². The molecule has 32 heavy (non-hydrogen) atoms. The van der Waals surface area contributed by atoms with Gasteiger partial charge in [-0.1, -0.05) is 29.8 Å². The van der Waals surface area contributed by atoms with Crippen LogP contribution in [0.4, 0.5) is 4.39 Å². The molecule has 0 aliphatic carbocycles. The fraction of sp³-hybridized carbons (Fsp3) is 0.280. The molecule has 1 atom stereocenters. The summed E-state index contributed by atoms with van der Waals surface area (Å²) in [5.74, 6) is -0.287. The summed E-state index contributed by atoms with van der Waals surface area (Å²) in [5, 5.41) is 5.67. The highest BCUT2D eigenvalue weighted by Crippen LogP contribution is 2.27. The van der Waals surface area contributed by atoms with Crippen LogP contribution >= 0.6 is 22.9 Å². The smallest absolute Gasteiger partial charge is 0.234 e. The zero-order valence-electron chi connectivity index (χ0n) is 17.5. The maximum absolute atomic E-state index is 13.4. The molecule has 1 saturated heterocycles. The third-order valence-electron chi connectivity index (χ3n) is 5.79. The fourth-order valence-electron chi connectivity index (χ4n) is 4.04. The molecule has 2 heterocycles. The number of carbonyl (C=O) groups excluding carboxylic acids is 2. The van der Waals surface area contributed by atoms with Gasteiger partial charge in [0.25, 0.3) is 0 Å². The van der Waals surface area contributed by atoms with E-state index in [4.69, 9.17) is 11.6 Å². The third kappa shape index (κ3) is 5.63. The van der Waals surface area contributed by atoms with E-state index in [0.29, 0.717) is 23.7 Å². The number of likely N-dealkylation sites (tertiary alicyclic amines) is 1. The minimum atomic E-state index is -0.313. The summed E-state index contributed by atoms with van der Waals surface area (Å²) in [5.41, 5.74) is 1.53. The third-order valence-corrected chi connectivity index (χ3v) is 6.98. The molecular weight excluding hydrogens is 447 g/mol. The van der Waals surface area contributed by atoms with E-state index in [-0.39, 0.29) is 36.0 Å². The van der Waals surface area contributed by atoms with Crippen LogP contribution in [-0.2, 0) is 4.79 Å². The van der Waals surface area contributed by atoms with Gasteiger partial charge in [-0.3, -0.25) is 14.5 Å². The highest BCUT2D eigenvalue weighted by molar-refractivity contribution is 7.10. The van der Waals surface area contributed by atoms with Gasteiger partial charge in [-0.05, 0) is 79.3 Å². The van der Waals surface area contributed by atoms with Crippen LogP contribution in [0, 0.1) is 11.7 Å². The number of ketones is 1. The van der Waals surface area contributed by atoms with Crippen LogP contribution in [0.1, 0.15) is 39.7 Å². The molecule has 4 rings (SSSR count). The number of thiophene rings is 1. The second kappa shape index (κ2) is 10.4. The van der Waals surface area contributed by atoms with E-state index in [9.17, 15) is 14.0 Å². The summed E-state index contributed by atoms with van der Waals surface area (Å²) in [6.07, 6.45) is 1.45. The average molecular weight is 471 g/mol. The first-order valence-electron chi connectivity index (χ1n) is 10.6. The molecule has 1 aliphatic heterocycles. The quantitative estimate of drug-likeness (QED) is 0.474. The van der Waals surface area contributed by atoms with Crippen LogP contribution < -0.4 is 5.32 Å². The van der Waals surface area contributed by atoms with Crippen molar-refractivity contribution in [2.24, 2.45) is 5.92 Å². The maximum atomic E-state index is 13.4. The molecule has 1 fully saturated rings. The number of nitrogens with one attached hydrogen (secondary N) is 1. The summed E-state index contributed by atoms with van der Waals surface area (Å²) in [6, 6.07) is 16.8. The van der Waals surface area contributed by atoms with Crippen molar-refractivity contribution in [2.45, 2.75) is 18.9 Å². The summed E-state index contributed by atoms with van der Waals surface area (Å²) < 4.78 is 13.4. The molecule has 0 bridgehead atoms. The Balaban J connectivity index is 1.33. The van der Waals surface area contributed by atoms with Crippen molar-refractivity contribution < 1.29 is 14.0 Å². The molecule has 2 aromatic carbocycles. The summed E-state index contributed by atoms with van der Waals surface area (Å²) in [7, 11) is 0. The van der Waals surface area contributed by atoms with Crippen molar-refractivity contribution in [2.75, 3.05) is 19.6 Å². The fourth-order valence-corrected chi connectivity index (χ4v) is 4.97. The second-order valence-electron chi connectivity index (χ2n) is 7.99. The molecule has 0 spiro atoms. The van der Waals surface area contributed by atoms with Gasteiger partial charge in [0.2, 0.25) is 5.91 Å². The van der Waals surface area contributed by atoms with E-state index in [1.54, 1.807) is 47.7 Å². The predicted molar refractivity (Wildman–Crippen MR) is 126 cm³/mol. The van der Waals surface area contributed by atoms with E-state index >= 15 is 0 Å². The number of carbonyl (C=O) groups is 2. The SMILES string of the molecule is O=C(CN1CCC(C(=O)c2ccc(Cl)cc2)CC1)NC(c1ccc(F)cc1)c1cccs1. The number of hydrogen-bond acceptors (Lipinski definition) is 4. The Hall–Kier alpha value is -2.54. The molecule has 0 radical (unpaired) electrons. The number of nitrogens with zero attached hydrogens (tertiary/aromatic N) is 1. The number of amides is 1. The lowest BCUT2D eigenvalue weighted by molar-refractivity contribution is -0.123. The monoisotopic (exact) mass is 470 g/mol. The van der Waals surface area contributed by atoms with Crippen LogP contribution in [0.2, 0.25) is 5.02 Å². The standard InChI is InChI=1S/C25H24ClFN2O2S/c26-20-7-3-18(4-8-20)25(31)19-11-13-29(14-12-19)16-23(30)28-24(22-2-1-15-32-22)17-5-9-21(27)10-6-17/h1-10,15,19,24H,11-14,16H2,(H,28,30). The molecule has 1 aliphatic rings. The highest BCUT2D eigenvalue weighted by Gasteiger charge is 2.27. The number of halogens is 2. The van der Waals surface area contributed by atoms with E-state index in [1.165, 1.54) is 12.1 Å². The molecule has 166 valence electrons. The van der Waals surface area contributed by atoms with Crippen LogP contribution in [0.3, 0.4) is 0 Å². The lowest BCUT2D eigenvalue weighted by Crippen LogP contribution is -2.43. The highest BCUT2D eigenvalue weighted by atomic mass is 35.5. The summed E-state index contributed by atoms with van der Waals surface area (Å²) >= 11 is 7.46. The molecule has 1 aromatic heterocycles. The Morgan fingerprint density at radius 2 is 1.75 bits per heavy atom. The van der Waals surface area contributed by atoms with Gasteiger partial charge in [0.1, 0.15) is 5.82 Å². The van der Waals surface area contributed by atoms with Gasteiger partial charge in [-0.25, -0.2) is 4.39 Å². The van der Waals surface area contributed by atoms with Gasteiger partial charge < -0.3 is 5.32 Å². The first-order valence-corrected chi connectivity index (χ1v) is 11.9. The van der Waals surface area contributed by atoms with Gasteiger partial charge in [0.15, 0.2) is 5.78 Å². The van der Waals surface area contributed by atoms with Crippen molar-refractivity contribution in [1.29, 1.82) is 0 Å². The lowest BCUT2D eigenvalue weighted by atomic mass is 9.89. The zero-order valence-corrected chi connectivity index (χ0v) is 19.0. The van der Waals surface area contributed by atoms with Crippen molar-refractivity contribution in [1.82, 2.24) is 10.2 Å². The Kier molecular flexibility index (Phi) is 7.35. The maximum Gasteiger partial charge on any atom is 0.234 e. The number of hydrogen-bond donors (Lipinski definition) is 1. The van der Waals surface area contributed by atoms with Crippen LogP contribution in [0.25, 0.3) is 0 Å². The minimum absolute atomic E-state index is 0.0337. The number of Topliss-reactive ketones (excluding diaryl/α,β-unsaturated/α-hetero) is 1. The van der Waals surface area contributed by atoms with Crippen LogP contribution in [0.5, 0.6) is 0 Å². The molecule has 0 saturated carbocycles. The van der Waals surface area contributed by atoms with E-state index in [2.05, 4.69) is 10.2 Å². The van der Waals surface area contributed by atoms with Gasteiger partial charge in [0, 0.05) is 21.4 Å². The molecule has 3 aromatic rings. The van der Waals surface area contributed by atoms with Crippen molar-refractivity contribution in [3.05, 3.63) is 92.9 Å². The minimum Gasteiger partial charge on any atom is -0.343 e. The Bertz CT molecular complexity index is 1050. The normalized spacial score (nSPS) is 15.9.